The van der Waals surface area contributed by atoms with E-state index in [0.717, 1.165) is 6.42 Å². The van der Waals surface area contributed by atoms with Crippen LogP contribution in [0.4, 0.5) is 0 Å². The van der Waals surface area contributed by atoms with Crippen LogP contribution in [0.3, 0.4) is 0 Å². The molecular weight excluding hydrogens is 188 g/mol. The van der Waals surface area contributed by atoms with Gasteiger partial charge < -0.3 is 9.84 Å². The maximum atomic E-state index is 9.19. The Bertz CT molecular complexity index is 266. The second-order valence-electron chi connectivity index (χ2n) is 3.90. The lowest BCUT2D eigenvalue weighted by Gasteiger charge is -2.13. The van der Waals surface area contributed by atoms with Crippen molar-refractivity contribution in [1.29, 1.82) is 0 Å². The molecule has 0 aliphatic carbocycles. The van der Waals surface area contributed by atoms with Crippen molar-refractivity contribution < 1.29 is 9.84 Å². The van der Waals surface area contributed by atoms with E-state index in [9.17, 15) is 5.11 Å². The lowest BCUT2D eigenvalue weighted by Crippen LogP contribution is -2.16. The van der Waals surface area contributed by atoms with Gasteiger partial charge in [-0.2, -0.15) is 0 Å². The number of aryl methyl sites for hydroxylation is 1. The Morgan fingerprint density at radius 1 is 1.27 bits per heavy atom. The first-order valence-electron chi connectivity index (χ1n) is 5.50. The topological polar surface area (TPSA) is 29.5 Å². The molecule has 0 saturated heterocycles. The Labute approximate surface area is 91.9 Å². The third-order valence-corrected chi connectivity index (χ3v) is 2.46. The van der Waals surface area contributed by atoms with Gasteiger partial charge in [0.25, 0.3) is 0 Å². The van der Waals surface area contributed by atoms with Crippen LogP contribution in [-0.4, -0.2) is 24.9 Å². The van der Waals surface area contributed by atoms with Crippen LogP contribution in [0.1, 0.15) is 18.1 Å². The predicted molar refractivity (Wildman–Crippen MR) is 62.0 cm³/mol. The van der Waals surface area contributed by atoms with E-state index in [-0.39, 0.29) is 12.5 Å². The Hall–Kier alpha value is -0.860. The SMILES string of the molecule is CCOCC(CO)Cc1ccc(C)cc1. The smallest absolute Gasteiger partial charge is 0.0519 e. The standard InChI is InChI=1S/C13H20O2/c1-3-15-10-13(9-14)8-12-6-4-11(2)5-7-12/h4-7,13-14H,3,8-10H2,1-2H3. The van der Waals surface area contributed by atoms with Crippen LogP contribution in [0.2, 0.25) is 0 Å². The van der Waals surface area contributed by atoms with E-state index >= 15 is 0 Å². The highest BCUT2D eigenvalue weighted by Gasteiger charge is 2.08. The van der Waals surface area contributed by atoms with Gasteiger partial charge in [0.15, 0.2) is 0 Å². The molecule has 1 atom stereocenters. The molecule has 15 heavy (non-hydrogen) atoms. The molecule has 1 aromatic carbocycles. The summed E-state index contributed by atoms with van der Waals surface area (Å²) in [4.78, 5) is 0. The number of aliphatic hydroxyl groups is 1. The van der Waals surface area contributed by atoms with E-state index in [0.29, 0.717) is 13.2 Å². The predicted octanol–water partition coefficient (Wildman–Crippen LogP) is 2.18. The molecule has 1 rings (SSSR count). The van der Waals surface area contributed by atoms with Gasteiger partial charge in [-0.1, -0.05) is 29.8 Å². The van der Waals surface area contributed by atoms with Crippen molar-refractivity contribution in [2.45, 2.75) is 20.3 Å². The summed E-state index contributed by atoms with van der Waals surface area (Å²) in [7, 11) is 0. The average Bonchev–Trinajstić information content (AvgIpc) is 2.27. The molecule has 0 bridgehead atoms. The third-order valence-electron chi connectivity index (χ3n) is 2.46. The van der Waals surface area contributed by atoms with Crippen LogP contribution in [0.5, 0.6) is 0 Å². The van der Waals surface area contributed by atoms with Gasteiger partial charge in [-0.3, -0.25) is 0 Å². The highest BCUT2D eigenvalue weighted by molar-refractivity contribution is 5.21. The van der Waals surface area contributed by atoms with Crippen LogP contribution >= 0.6 is 0 Å². The molecular formula is C13H20O2. The van der Waals surface area contributed by atoms with Crippen LogP contribution in [0.15, 0.2) is 24.3 Å². The van der Waals surface area contributed by atoms with E-state index in [4.69, 9.17) is 4.74 Å². The maximum absolute atomic E-state index is 9.19. The van der Waals surface area contributed by atoms with Crippen molar-refractivity contribution in [3.05, 3.63) is 35.4 Å². The first-order chi connectivity index (χ1) is 7.26. The fraction of sp³-hybridized carbons (Fsp3) is 0.538. The molecule has 1 aromatic rings. The number of ether oxygens (including phenoxy) is 1. The summed E-state index contributed by atoms with van der Waals surface area (Å²) in [5.74, 6) is 0.215. The van der Waals surface area contributed by atoms with Gasteiger partial charge in [-0.05, 0) is 25.8 Å². The van der Waals surface area contributed by atoms with Crippen LogP contribution in [0, 0.1) is 12.8 Å². The minimum atomic E-state index is 0.188. The van der Waals surface area contributed by atoms with Gasteiger partial charge in [-0.15, -0.1) is 0 Å². The zero-order valence-corrected chi connectivity index (χ0v) is 9.57. The zero-order chi connectivity index (χ0) is 11.1. The van der Waals surface area contributed by atoms with Crippen molar-refractivity contribution in [3.63, 3.8) is 0 Å². The van der Waals surface area contributed by atoms with Gasteiger partial charge in [0.2, 0.25) is 0 Å². The van der Waals surface area contributed by atoms with Gasteiger partial charge in [0.1, 0.15) is 0 Å². The summed E-state index contributed by atoms with van der Waals surface area (Å²) >= 11 is 0. The summed E-state index contributed by atoms with van der Waals surface area (Å²) in [6.45, 7) is 5.59. The molecule has 84 valence electrons. The normalized spacial score (nSPS) is 12.7. The highest BCUT2D eigenvalue weighted by Crippen LogP contribution is 2.10. The summed E-state index contributed by atoms with van der Waals surface area (Å²) in [5.41, 5.74) is 2.53. The summed E-state index contributed by atoms with van der Waals surface area (Å²) in [5, 5.41) is 9.19. The van der Waals surface area contributed by atoms with Crippen LogP contribution in [0.25, 0.3) is 0 Å². The lowest BCUT2D eigenvalue weighted by atomic mass is 10.00. The molecule has 0 amide bonds. The molecule has 1 unspecified atom stereocenters. The fourth-order valence-corrected chi connectivity index (χ4v) is 1.52. The quantitative estimate of drug-likeness (QED) is 0.776. The Balaban J connectivity index is 2.47. The highest BCUT2D eigenvalue weighted by atomic mass is 16.5. The molecule has 2 nitrogen and oxygen atoms in total. The second-order valence-corrected chi connectivity index (χ2v) is 3.90. The van der Waals surface area contributed by atoms with E-state index in [1.54, 1.807) is 0 Å². The van der Waals surface area contributed by atoms with Crippen LogP contribution < -0.4 is 0 Å². The van der Waals surface area contributed by atoms with Crippen molar-refractivity contribution in [1.82, 2.24) is 0 Å². The van der Waals surface area contributed by atoms with Gasteiger partial charge in [0.05, 0.1) is 6.61 Å². The van der Waals surface area contributed by atoms with Crippen molar-refractivity contribution in [2.24, 2.45) is 5.92 Å². The number of benzene rings is 1. The second kappa shape index (κ2) is 6.59. The molecule has 0 heterocycles. The first kappa shape index (κ1) is 12.2. The number of hydrogen-bond donors (Lipinski definition) is 1. The minimum absolute atomic E-state index is 0.188. The number of rotatable bonds is 6. The number of hydrogen-bond acceptors (Lipinski definition) is 2. The molecule has 0 saturated carbocycles. The molecule has 0 spiro atoms. The van der Waals surface area contributed by atoms with Gasteiger partial charge >= 0.3 is 0 Å². The maximum Gasteiger partial charge on any atom is 0.0519 e. The largest absolute Gasteiger partial charge is 0.396 e. The Morgan fingerprint density at radius 2 is 1.93 bits per heavy atom. The van der Waals surface area contributed by atoms with E-state index in [1.807, 2.05) is 6.92 Å². The van der Waals surface area contributed by atoms with Crippen molar-refractivity contribution >= 4 is 0 Å². The first-order valence-corrected chi connectivity index (χ1v) is 5.50. The van der Waals surface area contributed by atoms with E-state index in [2.05, 4.69) is 31.2 Å². The average molecular weight is 208 g/mol. The Morgan fingerprint density at radius 3 is 2.47 bits per heavy atom. The van der Waals surface area contributed by atoms with Crippen LogP contribution in [-0.2, 0) is 11.2 Å². The molecule has 0 radical (unpaired) electrons. The molecule has 0 aliphatic heterocycles. The Kier molecular flexibility index (Phi) is 5.37. The van der Waals surface area contributed by atoms with Crippen molar-refractivity contribution in [3.8, 4) is 0 Å². The zero-order valence-electron chi connectivity index (χ0n) is 9.57. The lowest BCUT2D eigenvalue weighted by molar-refractivity contribution is 0.0810. The summed E-state index contributed by atoms with van der Waals surface area (Å²) in [6.07, 6.45) is 0.886. The van der Waals surface area contributed by atoms with Crippen molar-refractivity contribution in [2.75, 3.05) is 19.8 Å². The van der Waals surface area contributed by atoms with E-state index < -0.39 is 0 Å². The summed E-state index contributed by atoms with van der Waals surface area (Å²) < 4.78 is 5.32. The fourth-order valence-electron chi connectivity index (χ4n) is 1.52. The monoisotopic (exact) mass is 208 g/mol. The molecule has 2 heteroatoms. The minimum Gasteiger partial charge on any atom is -0.396 e. The molecule has 0 aromatic heterocycles. The molecule has 0 aliphatic rings. The summed E-state index contributed by atoms with van der Waals surface area (Å²) in [6, 6.07) is 8.43. The van der Waals surface area contributed by atoms with E-state index in [1.165, 1.54) is 11.1 Å². The number of aliphatic hydroxyl groups excluding tert-OH is 1. The van der Waals surface area contributed by atoms with Gasteiger partial charge in [-0.25, -0.2) is 0 Å². The molecule has 1 N–H and O–H groups in total. The molecule has 0 fully saturated rings. The third kappa shape index (κ3) is 4.45. The van der Waals surface area contributed by atoms with Gasteiger partial charge in [0, 0.05) is 19.1 Å².